The minimum absolute atomic E-state index is 0.0312. The van der Waals surface area contributed by atoms with E-state index in [1.54, 1.807) is 5.38 Å². The lowest BCUT2D eigenvalue weighted by Gasteiger charge is -2.14. The van der Waals surface area contributed by atoms with Crippen molar-refractivity contribution < 1.29 is 28.9 Å². The van der Waals surface area contributed by atoms with Crippen molar-refractivity contribution in [2.75, 3.05) is 26.1 Å². The van der Waals surface area contributed by atoms with Gasteiger partial charge in [-0.15, -0.1) is 11.3 Å². The van der Waals surface area contributed by atoms with Gasteiger partial charge in [-0.25, -0.2) is 9.78 Å². The number of ether oxygens (including phenoxy) is 3. The Labute approximate surface area is 153 Å². The van der Waals surface area contributed by atoms with Crippen molar-refractivity contribution in [3.8, 4) is 11.5 Å². The molecule has 1 aromatic carbocycles. The van der Waals surface area contributed by atoms with Crippen molar-refractivity contribution in [2.24, 2.45) is 0 Å². The molecule has 1 aromatic heterocycles. The van der Waals surface area contributed by atoms with Gasteiger partial charge in [-0.3, -0.25) is 4.79 Å². The zero-order valence-corrected chi connectivity index (χ0v) is 15.1. The van der Waals surface area contributed by atoms with Crippen LogP contribution in [0, 0.1) is 0 Å². The van der Waals surface area contributed by atoms with Crippen LogP contribution < -0.4 is 14.8 Å². The largest absolute Gasteiger partial charge is 0.493 e. The number of hydrogen-bond donors (Lipinski definition) is 2. The van der Waals surface area contributed by atoms with Crippen molar-refractivity contribution in [2.45, 2.75) is 18.9 Å². The van der Waals surface area contributed by atoms with Crippen LogP contribution in [0.4, 0.5) is 5.69 Å². The van der Waals surface area contributed by atoms with Crippen LogP contribution in [0.3, 0.4) is 0 Å². The second-order valence-corrected chi connectivity index (χ2v) is 6.48. The first-order valence-electron chi connectivity index (χ1n) is 7.91. The van der Waals surface area contributed by atoms with Crippen LogP contribution in [0.2, 0.25) is 0 Å². The molecule has 0 saturated carbocycles. The number of nitrogens with one attached hydrogen (secondary N) is 1. The Morgan fingerprint density at radius 2 is 2.15 bits per heavy atom. The number of aromatic nitrogens is 1. The number of carbonyl (C=O) groups excluding carboxylic acids is 1. The van der Waals surface area contributed by atoms with E-state index in [-0.39, 0.29) is 34.5 Å². The second kappa shape index (κ2) is 7.71. The average Bonchev–Trinajstić information content (AvgIpc) is 3.31. The van der Waals surface area contributed by atoms with E-state index < -0.39 is 11.9 Å². The number of rotatable bonds is 6. The zero-order chi connectivity index (χ0) is 18.7. The van der Waals surface area contributed by atoms with Crippen LogP contribution in [0.5, 0.6) is 11.5 Å². The molecule has 2 N–H and O–H groups in total. The number of carboxylic acids is 1. The van der Waals surface area contributed by atoms with Gasteiger partial charge < -0.3 is 24.6 Å². The second-order valence-electron chi connectivity index (χ2n) is 5.59. The van der Waals surface area contributed by atoms with E-state index in [0.29, 0.717) is 6.61 Å². The molecule has 0 aliphatic carbocycles. The van der Waals surface area contributed by atoms with Gasteiger partial charge in [0.15, 0.2) is 11.5 Å². The highest BCUT2D eigenvalue weighted by Gasteiger charge is 2.23. The third-order valence-corrected chi connectivity index (χ3v) is 4.87. The number of anilines is 1. The summed E-state index contributed by atoms with van der Waals surface area (Å²) < 4.78 is 16.0. The number of amides is 1. The lowest BCUT2D eigenvalue weighted by Crippen LogP contribution is -2.14. The molecule has 0 spiro atoms. The highest BCUT2D eigenvalue weighted by Crippen LogP contribution is 2.37. The lowest BCUT2D eigenvalue weighted by atomic mass is 10.1. The number of aromatic carboxylic acids is 1. The Morgan fingerprint density at radius 3 is 2.77 bits per heavy atom. The summed E-state index contributed by atoms with van der Waals surface area (Å²) in [5.74, 6) is -1.16. The van der Waals surface area contributed by atoms with E-state index in [4.69, 9.17) is 14.2 Å². The quantitative estimate of drug-likeness (QED) is 0.796. The molecule has 1 aliphatic heterocycles. The topological polar surface area (TPSA) is 107 Å². The molecule has 2 heterocycles. The summed E-state index contributed by atoms with van der Waals surface area (Å²) in [4.78, 5) is 28.2. The molecular weight excluding hydrogens is 360 g/mol. The average molecular weight is 378 g/mol. The maximum Gasteiger partial charge on any atom is 0.335 e. The number of hydrogen-bond acceptors (Lipinski definition) is 7. The minimum Gasteiger partial charge on any atom is -0.493 e. The Hall–Kier alpha value is -2.65. The van der Waals surface area contributed by atoms with Crippen LogP contribution in [-0.4, -0.2) is 42.8 Å². The fourth-order valence-electron chi connectivity index (χ4n) is 2.68. The first-order chi connectivity index (χ1) is 12.5. The van der Waals surface area contributed by atoms with E-state index in [1.807, 2.05) is 0 Å². The number of carboxylic acid groups (broad SMARTS) is 1. The van der Waals surface area contributed by atoms with Gasteiger partial charge in [0.1, 0.15) is 16.8 Å². The number of thiazole rings is 1. The normalized spacial score (nSPS) is 16.3. The van der Waals surface area contributed by atoms with Crippen LogP contribution in [-0.2, 0) is 4.74 Å². The Balaban J connectivity index is 1.86. The van der Waals surface area contributed by atoms with Gasteiger partial charge in [0.2, 0.25) is 0 Å². The van der Waals surface area contributed by atoms with E-state index in [1.165, 1.54) is 37.7 Å². The Morgan fingerprint density at radius 1 is 1.35 bits per heavy atom. The van der Waals surface area contributed by atoms with Crippen molar-refractivity contribution in [1.29, 1.82) is 0 Å². The maximum atomic E-state index is 12.5. The monoisotopic (exact) mass is 378 g/mol. The van der Waals surface area contributed by atoms with Crippen LogP contribution in [0.15, 0.2) is 17.5 Å². The maximum absolute atomic E-state index is 12.5. The first kappa shape index (κ1) is 18.2. The molecule has 0 bridgehead atoms. The molecule has 3 rings (SSSR count). The molecule has 2 aromatic rings. The number of nitrogens with zero attached hydrogens (tertiary/aromatic N) is 1. The van der Waals surface area contributed by atoms with Gasteiger partial charge in [-0.2, -0.15) is 0 Å². The molecule has 9 heteroatoms. The zero-order valence-electron chi connectivity index (χ0n) is 14.3. The predicted octanol–water partition coefficient (Wildman–Crippen LogP) is 2.96. The van der Waals surface area contributed by atoms with E-state index >= 15 is 0 Å². The van der Waals surface area contributed by atoms with Gasteiger partial charge in [-0.1, -0.05) is 0 Å². The van der Waals surface area contributed by atoms with Gasteiger partial charge in [0, 0.05) is 12.0 Å². The number of methoxy groups -OCH3 is 2. The molecule has 1 unspecified atom stereocenters. The van der Waals surface area contributed by atoms with Crippen molar-refractivity contribution >= 4 is 28.9 Å². The summed E-state index contributed by atoms with van der Waals surface area (Å²) in [5.41, 5.74) is 0.402. The van der Waals surface area contributed by atoms with Crippen molar-refractivity contribution in [3.63, 3.8) is 0 Å². The number of carbonyl (C=O) groups is 2. The van der Waals surface area contributed by atoms with Crippen molar-refractivity contribution in [1.82, 2.24) is 4.98 Å². The highest BCUT2D eigenvalue weighted by molar-refractivity contribution is 7.09. The molecule has 8 nitrogen and oxygen atoms in total. The van der Waals surface area contributed by atoms with E-state index in [0.717, 1.165) is 17.8 Å². The molecule has 1 atom stereocenters. The molecular formula is C17H18N2O6S. The minimum atomic E-state index is -1.14. The standard InChI is InChI=1S/C17H18N2O6S/c1-23-13-7-9(17(21)22)6-10(14(13)24-2)18-15(20)11-8-26-16(19-11)12-4-3-5-25-12/h6-8,12H,3-5H2,1-2H3,(H,18,20)(H,21,22). The van der Waals surface area contributed by atoms with Gasteiger partial charge in [0.05, 0.1) is 25.5 Å². The Bertz CT molecular complexity index is 829. The number of benzene rings is 1. The van der Waals surface area contributed by atoms with Gasteiger partial charge in [-0.05, 0) is 25.0 Å². The van der Waals surface area contributed by atoms with E-state index in [9.17, 15) is 14.7 Å². The summed E-state index contributed by atoms with van der Waals surface area (Å²) in [7, 11) is 2.80. The SMILES string of the molecule is COc1cc(C(=O)O)cc(NC(=O)c2csc(C3CCCO3)n2)c1OC. The fourth-order valence-corrected chi connectivity index (χ4v) is 3.56. The lowest BCUT2D eigenvalue weighted by molar-refractivity contribution is 0.0696. The molecule has 1 aliphatic rings. The van der Waals surface area contributed by atoms with Crippen LogP contribution in [0.1, 0.15) is 44.8 Å². The van der Waals surface area contributed by atoms with Crippen molar-refractivity contribution in [3.05, 3.63) is 33.8 Å². The molecule has 138 valence electrons. The third-order valence-electron chi connectivity index (χ3n) is 3.93. The molecule has 1 saturated heterocycles. The molecule has 1 fully saturated rings. The molecule has 26 heavy (non-hydrogen) atoms. The third kappa shape index (κ3) is 3.63. The first-order valence-corrected chi connectivity index (χ1v) is 8.79. The highest BCUT2D eigenvalue weighted by atomic mass is 32.1. The molecule has 1 amide bonds. The van der Waals surface area contributed by atoms with Gasteiger partial charge >= 0.3 is 5.97 Å². The fraction of sp³-hybridized carbons (Fsp3) is 0.353. The molecule has 0 radical (unpaired) electrons. The predicted molar refractivity (Wildman–Crippen MR) is 94.5 cm³/mol. The van der Waals surface area contributed by atoms with Crippen LogP contribution >= 0.6 is 11.3 Å². The van der Waals surface area contributed by atoms with Crippen LogP contribution in [0.25, 0.3) is 0 Å². The smallest absolute Gasteiger partial charge is 0.335 e. The summed E-state index contributed by atoms with van der Waals surface area (Å²) in [5, 5.41) is 14.3. The van der Waals surface area contributed by atoms with E-state index in [2.05, 4.69) is 10.3 Å². The summed E-state index contributed by atoms with van der Waals surface area (Å²) >= 11 is 1.36. The summed E-state index contributed by atoms with van der Waals surface area (Å²) in [6.07, 6.45) is 1.80. The summed E-state index contributed by atoms with van der Waals surface area (Å²) in [6.45, 7) is 0.699. The summed E-state index contributed by atoms with van der Waals surface area (Å²) in [6, 6.07) is 2.64. The van der Waals surface area contributed by atoms with Gasteiger partial charge in [0.25, 0.3) is 5.91 Å². The Kier molecular flexibility index (Phi) is 5.38.